The Kier molecular flexibility index (Phi) is 3.21. The summed E-state index contributed by atoms with van der Waals surface area (Å²) in [5.74, 6) is 1.08. The Morgan fingerprint density at radius 2 is 2.17 bits per heavy atom. The zero-order valence-electron chi connectivity index (χ0n) is 13.3. The number of fused-ring (bicyclic) bond motifs is 3. The topological polar surface area (TPSA) is 53.6 Å². The minimum absolute atomic E-state index is 0.199. The highest BCUT2D eigenvalue weighted by atomic mass is 16.5. The van der Waals surface area contributed by atoms with E-state index in [2.05, 4.69) is 34.4 Å². The van der Waals surface area contributed by atoms with E-state index in [1.807, 2.05) is 25.1 Å². The number of benzene rings is 1. The molecule has 0 amide bonds. The van der Waals surface area contributed by atoms with Gasteiger partial charge in [0.2, 0.25) is 0 Å². The van der Waals surface area contributed by atoms with Crippen molar-refractivity contribution < 1.29 is 4.74 Å². The van der Waals surface area contributed by atoms with E-state index in [1.165, 1.54) is 0 Å². The van der Waals surface area contributed by atoms with Crippen molar-refractivity contribution in [2.45, 2.75) is 20.0 Å². The van der Waals surface area contributed by atoms with Gasteiger partial charge in [0.1, 0.15) is 11.9 Å². The molecule has 0 radical (unpaired) electrons. The molecule has 0 spiro atoms. The highest BCUT2D eigenvalue weighted by molar-refractivity contribution is 5.85. The molecule has 1 aliphatic rings. The molecule has 5 heteroatoms. The Bertz CT molecular complexity index is 937. The predicted molar refractivity (Wildman–Crippen MR) is 89.8 cm³/mol. The average Bonchev–Trinajstić information content (AvgIpc) is 2.93. The fourth-order valence-corrected chi connectivity index (χ4v) is 3.33. The molecular weight excluding hydrogens is 288 g/mol. The zero-order valence-corrected chi connectivity index (χ0v) is 13.3. The van der Waals surface area contributed by atoms with Gasteiger partial charge in [0, 0.05) is 13.1 Å². The predicted octanol–water partition coefficient (Wildman–Crippen LogP) is 2.89. The third-order valence-electron chi connectivity index (χ3n) is 4.43. The van der Waals surface area contributed by atoms with E-state index in [-0.39, 0.29) is 6.10 Å². The number of pyridine rings is 1. The molecule has 1 saturated heterocycles. The van der Waals surface area contributed by atoms with Crippen molar-refractivity contribution in [3.8, 4) is 6.07 Å². The first-order valence-electron chi connectivity index (χ1n) is 7.86. The average molecular weight is 306 g/mol. The highest BCUT2D eigenvalue weighted by Gasteiger charge is 2.22. The molecular formula is C18H18N4O. The summed E-state index contributed by atoms with van der Waals surface area (Å²) in [7, 11) is 0. The Balaban J connectivity index is 2.05. The van der Waals surface area contributed by atoms with Crippen molar-refractivity contribution in [1.29, 1.82) is 5.26 Å². The zero-order chi connectivity index (χ0) is 16.0. The SMILES string of the molecule is Cc1cc(N2CCOC(C)C2)n2c(nc3ccccc32)c1C#N. The molecule has 1 aliphatic heterocycles. The second-order valence-corrected chi connectivity index (χ2v) is 6.06. The number of hydrogen-bond donors (Lipinski definition) is 0. The smallest absolute Gasteiger partial charge is 0.157 e. The van der Waals surface area contributed by atoms with Crippen LogP contribution in [0.5, 0.6) is 0 Å². The van der Waals surface area contributed by atoms with Gasteiger partial charge in [0.25, 0.3) is 0 Å². The van der Waals surface area contributed by atoms with Crippen LogP contribution in [0.25, 0.3) is 16.7 Å². The maximum absolute atomic E-state index is 9.55. The summed E-state index contributed by atoms with van der Waals surface area (Å²) in [5.41, 5.74) is 4.30. The van der Waals surface area contributed by atoms with Crippen LogP contribution in [0.2, 0.25) is 0 Å². The van der Waals surface area contributed by atoms with Crippen LogP contribution in [-0.4, -0.2) is 35.2 Å². The summed E-state index contributed by atoms with van der Waals surface area (Å²) in [6, 6.07) is 12.4. The standard InChI is InChI=1S/C18H18N4O/c1-12-9-17(21-7-8-23-13(2)11-21)22-16-6-4-3-5-15(16)20-18(22)14(12)10-19/h3-6,9,13H,7-8,11H2,1-2H3. The lowest BCUT2D eigenvalue weighted by molar-refractivity contribution is 0.0529. The number of aryl methyl sites for hydroxylation is 1. The molecule has 2 aromatic heterocycles. The van der Waals surface area contributed by atoms with Gasteiger partial charge in [0.05, 0.1) is 29.3 Å². The second-order valence-electron chi connectivity index (χ2n) is 6.06. The van der Waals surface area contributed by atoms with Gasteiger partial charge in [0.15, 0.2) is 5.65 Å². The number of hydrogen-bond acceptors (Lipinski definition) is 4. The largest absolute Gasteiger partial charge is 0.375 e. The lowest BCUT2D eigenvalue weighted by atomic mass is 10.1. The normalized spacial score (nSPS) is 18.5. The Morgan fingerprint density at radius 3 is 2.96 bits per heavy atom. The summed E-state index contributed by atoms with van der Waals surface area (Å²) < 4.78 is 7.78. The van der Waals surface area contributed by atoms with Crippen LogP contribution < -0.4 is 4.90 Å². The van der Waals surface area contributed by atoms with Crippen molar-refractivity contribution in [3.05, 3.63) is 41.5 Å². The number of imidazole rings is 1. The first-order valence-corrected chi connectivity index (χ1v) is 7.86. The minimum atomic E-state index is 0.199. The van der Waals surface area contributed by atoms with Crippen molar-refractivity contribution >= 4 is 22.5 Å². The fourth-order valence-electron chi connectivity index (χ4n) is 3.33. The van der Waals surface area contributed by atoms with E-state index >= 15 is 0 Å². The van der Waals surface area contributed by atoms with Crippen LogP contribution in [0.15, 0.2) is 30.3 Å². The summed E-state index contributed by atoms with van der Waals surface area (Å²) >= 11 is 0. The number of aromatic nitrogens is 2. The van der Waals surface area contributed by atoms with Crippen molar-refractivity contribution in [2.75, 3.05) is 24.6 Å². The third kappa shape index (κ3) is 2.14. The monoisotopic (exact) mass is 306 g/mol. The fraction of sp³-hybridized carbons (Fsp3) is 0.333. The lowest BCUT2D eigenvalue weighted by Gasteiger charge is -2.33. The molecule has 23 heavy (non-hydrogen) atoms. The summed E-state index contributed by atoms with van der Waals surface area (Å²) in [4.78, 5) is 7.03. The van der Waals surface area contributed by atoms with E-state index in [0.717, 1.165) is 41.2 Å². The molecule has 0 aliphatic carbocycles. The van der Waals surface area contributed by atoms with Gasteiger partial charge in [-0.25, -0.2) is 4.98 Å². The number of morpholine rings is 1. The number of nitrogens with zero attached hydrogens (tertiary/aromatic N) is 4. The lowest BCUT2D eigenvalue weighted by Crippen LogP contribution is -2.42. The molecule has 3 heterocycles. The number of anilines is 1. The highest BCUT2D eigenvalue weighted by Crippen LogP contribution is 2.29. The number of nitriles is 1. The summed E-state index contributed by atoms with van der Waals surface area (Å²) in [5, 5.41) is 9.55. The molecule has 1 atom stereocenters. The summed E-state index contributed by atoms with van der Waals surface area (Å²) in [6.07, 6.45) is 0.199. The van der Waals surface area contributed by atoms with Gasteiger partial charge in [-0.3, -0.25) is 4.40 Å². The van der Waals surface area contributed by atoms with Gasteiger partial charge in [-0.1, -0.05) is 12.1 Å². The third-order valence-corrected chi connectivity index (χ3v) is 4.43. The van der Waals surface area contributed by atoms with Crippen LogP contribution in [0, 0.1) is 18.3 Å². The molecule has 116 valence electrons. The van der Waals surface area contributed by atoms with Crippen molar-refractivity contribution in [3.63, 3.8) is 0 Å². The molecule has 5 nitrogen and oxygen atoms in total. The first-order chi connectivity index (χ1) is 11.2. The first kappa shape index (κ1) is 14.0. The molecule has 0 N–H and O–H groups in total. The van der Waals surface area contributed by atoms with Gasteiger partial charge in [-0.15, -0.1) is 0 Å². The molecule has 1 unspecified atom stereocenters. The molecule has 4 rings (SSSR count). The van der Waals surface area contributed by atoms with Crippen LogP contribution in [-0.2, 0) is 4.74 Å². The molecule has 1 aromatic carbocycles. The minimum Gasteiger partial charge on any atom is -0.375 e. The molecule has 0 bridgehead atoms. The number of para-hydroxylation sites is 2. The van der Waals surface area contributed by atoms with E-state index in [1.54, 1.807) is 0 Å². The number of ether oxygens (including phenoxy) is 1. The van der Waals surface area contributed by atoms with E-state index in [9.17, 15) is 5.26 Å². The molecule has 0 saturated carbocycles. The van der Waals surface area contributed by atoms with Gasteiger partial charge in [-0.05, 0) is 37.6 Å². The van der Waals surface area contributed by atoms with E-state index in [0.29, 0.717) is 12.2 Å². The Morgan fingerprint density at radius 1 is 1.35 bits per heavy atom. The molecule has 1 fully saturated rings. The maximum atomic E-state index is 9.55. The quantitative estimate of drug-likeness (QED) is 0.693. The van der Waals surface area contributed by atoms with Crippen LogP contribution >= 0.6 is 0 Å². The summed E-state index contributed by atoms with van der Waals surface area (Å²) in [6.45, 7) is 6.47. The second kappa shape index (κ2) is 5.25. The molecule has 3 aromatic rings. The van der Waals surface area contributed by atoms with Gasteiger partial charge in [-0.2, -0.15) is 5.26 Å². The van der Waals surface area contributed by atoms with Crippen LogP contribution in [0.4, 0.5) is 5.82 Å². The van der Waals surface area contributed by atoms with E-state index < -0.39 is 0 Å². The Hall–Kier alpha value is -2.58. The van der Waals surface area contributed by atoms with Gasteiger partial charge >= 0.3 is 0 Å². The van der Waals surface area contributed by atoms with Crippen molar-refractivity contribution in [1.82, 2.24) is 9.38 Å². The maximum Gasteiger partial charge on any atom is 0.157 e. The van der Waals surface area contributed by atoms with Crippen LogP contribution in [0.1, 0.15) is 18.1 Å². The van der Waals surface area contributed by atoms with Gasteiger partial charge < -0.3 is 9.64 Å². The van der Waals surface area contributed by atoms with Crippen LogP contribution in [0.3, 0.4) is 0 Å². The Labute approximate surface area is 134 Å². The van der Waals surface area contributed by atoms with E-state index in [4.69, 9.17) is 9.72 Å². The number of rotatable bonds is 1. The van der Waals surface area contributed by atoms with Crippen molar-refractivity contribution in [2.24, 2.45) is 0 Å².